The first-order valence-corrected chi connectivity index (χ1v) is 7.44. The molecule has 0 radical (unpaired) electrons. The normalized spacial score (nSPS) is 10.2. The van der Waals surface area contributed by atoms with Crippen molar-refractivity contribution >= 4 is 27.7 Å². The van der Waals surface area contributed by atoms with Gasteiger partial charge in [-0.1, -0.05) is 22.0 Å². The molecule has 1 aromatic carbocycles. The number of nitrogens with one attached hydrogen (secondary N) is 1. The summed E-state index contributed by atoms with van der Waals surface area (Å²) >= 11 is 5.42. The molecule has 2 nitrogen and oxygen atoms in total. The molecule has 94 valence electrons. The molecule has 0 saturated carbocycles. The molecule has 4 heteroatoms. The van der Waals surface area contributed by atoms with Crippen molar-refractivity contribution in [3.63, 3.8) is 0 Å². The lowest BCUT2D eigenvalue weighted by atomic mass is 10.2. The maximum Gasteiger partial charge on any atom is 0.119 e. The first-order valence-electron chi connectivity index (χ1n) is 5.49. The van der Waals surface area contributed by atoms with E-state index in [1.807, 2.05) is 36.0 Å². The Bertz CT molecular complexity index is 357. The van der Waals surface area contributed by atoms with Crippen LogP contribution in [0.2, 0.25) is 0 Å². The maximum absolute atomic E-state index is 5.21. The van der Waals surface area contributed by atoms with Gasteiger partial charge < -0.3 is 10.1 Å². The number of methoxy groups -OCH3 is 1. The number of rotatable bonds is 8. The van der Waals surface area contributed by atoms with Crippen LogP contribution in [0.3, 0.4) is 0 Å². The molecule has 0 saturated heterocycles. The molecule has 0 aromatic heterocycles. The molecule has 17 heavy (non-hydrogen) atoms. The molecule has 0 unspecified atom stereocenters. The Labute approximate surface area is 116 Å². The average molecular weight is 316 g/mol. The molecule has 0 spiro atoms. The SMILES string of the molecule is C=CCSCCNCc1cc(OC)ccc1Br. The molecule has 1 N–H and O–H groups in total. The third-order valence-electron chi connectivity index (χ3n) is 2.23. The standard InChI is InChI=1S/C13H18BrNOS/c1-3-7-17-8-6-15-10-11-9-12(16-2)4-5-13(11)14/h3-5,9,15H,1,6-8,10H2,2H3. The van der Waals surface area contributed by atoms with E-state index in [2.05, 4.69) is 27.8 Å². The molecule has 1 rings (SSSR count). The number of hydrogen-bond acceptors (Lipinski definition) is 3. The second-order valence-electron chi connectivity index (χ2n) is 3.50. The van der Waals surface area contributed by atoms with E-state index in [4.69, 9.17) is 4.74 Å². The highest BCUT2D eigenvalue weighted by molar-refractivity contribution is 9.10. The summed E-state index contributed by atoms with van der Waals surface area (Å²) in [5, 5.41) is 3.41. The van der Waals surface area contributed by atoms with Crippen molar-refractivity contribution in [2.75, 3.05) is 25.2 Å². The summed E-state index contributed by atoms with van der Waals surface area (Å²) in [4.78, 5) is 0. The van der Waals surface area contributed by atoms with Crippen molar-refractivity contribution in [2.45, 2.75) is 6.54 Å². The van der Waals surface area contributed by atoms with Crippen molar-refractivity contribution in [3.05, 3.63) is 40.9 Å². The monoisotopic (exact) mass is 315 g/mol. The lowest BCUT2D eigenvalue weighted by Gasteiger charge is -2.08. The summed E-state index contributed by atoms with van der Waals surface area (Å²) in [6.45, 7) is 5.55. The smallest absolute Gasteiger partial charge is 0.119 e. The van der Waals surface area contributed by atoms with Crippen molar-refractivity contribution < 1.29 is 4.74 Å². The van der Waals surface area contributed by atoms with Crippen LogP contribution >= 0.6 is 27.7 Å². The minimum absolute atomic E-state index is 0.854. The fourth-order valence-corrected chi connectivity index (χ4v) is 2.36. The molecular weight excluding hydrogens is 298 g/mol. The van der Waals surface area contributed by atoms with Crippen molar-refractivity contribution in [1.82, 2.24) is 5.32 Å². The van der Waals surface area contributed by atoms with Gasteiger partial charge in [0, 0.05) is 29.1 Å². The number of benzene rings is 1. The fourth-order valence-electron chi connectivity index (χ4n) is 1.35. The molecular formula is C13H18BrNOS. The van der Waals surface area contributed by atoms with Crippen LogP contribution in [0.1, 0.15) is 5.56 Å². The second-order valence-corrected chi connectivity index (χ2v) is 5.50. The zero-order chi connectivity index (χ0) is 12.5. The van der Waals surface area contributed by atoms with Crippen LogP contribution in [0, 0.1) is 0 Å². The van der Waals surface area contributed by atoms with Crippen LogP contribution in [-0.4, -0.2) is 25.2 Å². The predicted octanol–water partition coefficient (Wildman–Crippen LogP) is 3.47. The summed E-state index contributed by atoms with van der Waals surface area (Å²) in [6.07, 6.45) is 1.93. The van der Waals surface area contributed by atoms with Gasteiger partial charge in [0.1, 0.15) is 5.75 Å². The van der Waals surface area contributed by atoms with E-state index in [0.717, 1.165) is 34.8 Å². The third-order valence-corrected chi connectivity index (χ3v) is 3.97. The highest BCUT2D eigenvalue weighted by Crippen LogP contribution is 2.22. The average Bonchev–Trinajstić information content (AvgIpc) is 2.35. The molecule has 0 amide bonds. The topological polar surface area (TPSA) is 21.3 Å². The van der Waals surface area contributed by atoms with Gasteiger partial charge in [0.25, 0.3) is 0 Å². The van der Waals surface area contributed by atoms with Gasteiger partial charge in [0.15, 0.2) is 0 Å². The van der Waals surface area contributed by atoms with Gasteiger partial charge in [-0.25, -0.2) is 0 Å². The van der Waals surface area contributed by atoms with Crippen LogP contribution in [0.4, 0.5) is 0 Å². The molecule has 0 atom stereocenters. The number of ether oxygens (including phenoxy) is 1. The minimum atomic E-state index is 0.854. The number of halogens is 1. The predicted molar refractivity (Wildman–Crippen MR) is 79.9 cm³/mol. The maximum atomic E-state index is 5.21. The van der Waals surface area contributed by atoms with Crippen LogP contribution < -0.4 is 10.1 Å². The Balaban J connectivity index is 2.32. The first-order chi connectivity index (χ1) is 8.27. The number of hydrogen-bond donors (Lipinski definition) is 1. The van der Waals surface area contributed by atoms with Crippen molar-refractivity contribution in [3.8, 4) is 5.75 Å². The van der Waals surface area contributed by atoms with Gasteiger partial charge in [-0.3, -0.25) is 0 Å². The van der Waals surface area contributed by atoms with E-state index in [1.165, 1.54) is 5.56 Å². The van der Waals surface area contributed by atoms with Crippen molar-refractivity contribution in [1.29, 1.82) is 0 Å². The summed E-state index contributed by atoms with van der Waals surface area (Å²) < 4.78 is 6.32. The summed E-state index contributed by atoms with van der Waals surface area (Å²) in [5.74, 6) is 3.02. The summed E-state index contributed by atoms with van der Waals surface area (Å²) in [7, 11) is 1.69. The van der Waals surface area contributed by atoms with Crippen LogP contribution in [0.25, 0.3) is 0 Å². The molecule has 0 heterocycles. The number of thioether (sulfide) groups is 1. The Morgan fingerprint density at radius 2 is 2.35 bits per heavy atom. The van der Waals surface area contributed by atoms with Gasteiger partial charge in [0.05, 0.1) is 7.11 Å². The molecule has 0 aliphatic carbocycles. The van der Waals surface area contributed by atoms with E-state index in [1.54, 1.807) is 7.11 Å². The molecule has 0 aliphatic rings. The van der Waals surface area contributed by atoms with E-state index in [0.29, 0.717) is 0 Å². The fraction of sp³-hybridized carbons (Fsp3) is 0.385. The van der Waals surface area contributed by atoms with E-state index < -0.39 is 0 Å². The van der Waals surface area contributed by atoms with Gasteiger partial charge in [-0.15, -0.1) is 6.58 Å². The third kappa shape index (κ3) is 5.61. The Kier molecular flexibility index (Phi) is 7.40. The van der Waals surface area contributed by atoms with Gasteiger partial charge in [-0.2, -0.15) is 11.8 Å². The Morgan fingerprint density at radius 3 is 3.06 bits per heavy atom. The molecule has 0 aliphatic heterocycles. The lowest BCUT2D eigenvalue weighted by molar-refractivity contribution is 0.414. The molecule has 1 aromatic rings. The largest absolute Gasteiger partial charge is 0.497 e. The van der Waals surface area contributed by atoms with Gasteiger partial charge in [-0.05, 0) is 23.8 Å². The second kappa shape index (κ2) is 8.61. The van der Waals surface area contributed by atoms with E-state index in [-0.39, 0.29) is 0 Å². The van der Waals surface area contributed by atoms with Gasteiger partial charge in [0.2, 0.25) is 0 Å². The summed E-state index contributed by atoms with van der Waals surface area (Å²) in [5.41, 5.74) is 1.22. The zero-order valence-corrected chi connectivity index (χ0v) is 12.4. The van der Waals surface area contributed by atoms with Crippen LogP contribution in [-0.2, 0) is 6.54 Å². The van der Waals surface area contributed by atoms with Crippen molar-refractivity contribution in [2.24, 2.45) is 0 Å². The summed E-state index contributed by atoms with van der Waals surface area (Å²) in [6, 6.07) is 6.02. The van der Waals surface area contributed by atoms with E-state index in [9.17, 15) is 0 Å². The molecule has 0 bridgehead atoms. The van der Waals surface area contributed by atoms with E-state index >= 15 is 0 Å². The van der Waals surface area contributed by atoms with Crippen LogP contribution in [0.15, 0.2) is 35.3 Å². The molecule has 0 fully saturated rings. The lowest BCUT2D eigenvalue weighted by Crippen LogP contribution is -2.17. The Morgan fingerprint density at radius 1 is 1.53 bits per heavy atom. The first kappa shape index (κ1) is 14.6. The highest BCUT2D eigenvalue weighted by atomic mass is 79.9. The highest BCUT2D eigenvalue weighted by Gasteiger charge is 2.01. The Hall–Kier alpha value is -0.450. The van der Waals surface area contributed by atoms with Gasteiger partial charge >= 0.3 is 0 Å². The van der Waals surface area contributed by atoms with Crippen LogP contribution in [0.5, 0.6) is 5.75 Å². The minimum Gasteiger partial charge on any atom is -0.497 e. The zero-order valence-electron chi connectivity index (χ0n) is 10.0. The quantitative estimate of drug-likeness (QED) is 0.586.